The van der Waals surface area contributed by atoms with E-state index in [1.54, 1.807) is 34.8 Å². The molecule has 58 heavy (non-hydrogen) atoms. The fraction of sp³-hybridized carbons (Fsp3) is 0.500. The lowest BCUT2D eigenvalue weighted by atomic mass is 10.0. The van der Waals surface area contributed by atoms with Crippen LogP contribution in [0.2, 0.25) is 0 Å². The van der Waals surface area contributed by atoms with Crippen LogP contribution in [0.4, 0.5) is 0 Å². The number of imidazole rings is 2. The van der Waals surface area contributed by atoms with Crippen molar-refractivity contribution in [3.05, 3.63) is 73.1 Å². The first-order chi connectivity index (χ1) is 28.0. The molecule has 2 aliphatic heterocycles. The number of benzene rings is 2. The van der Waals surface area contributed by atoms with Crippen LogP contribution in [0.25, 0.3) is 33.6 Å². The van der Waals surface area contributed by atoms with Gasteiger partial charge in [0.1, 0.15) is 17.9 Å². The minimum atomic E-state index is -0.529. The quantitative estimate of drug-likeness (QED) is 0.118. The van der Waals surface area contributed by atoms with Crippen LogP contribution in [-0.4, -0.2) is 115 Å². The molecule has 0 saturated carbocycles. The molecule has 2 aliphatic rings. The van der Waals surface area contributed by atoms with E-state index in [0.29, 0.717) is 19.4 Å². The summed E-state index contributed by atoms with van der Waals surface area (Å²) < 4.78 is 8.50. The number of rotatable bonds is 12. The van der Waals surface area contributed by atoms with Crippen LogP contribution in [0.3, 0.4) is 0 Å². The van der Waals surface area contributed by atoms with Gasteiger partial charge in [-0.3, -0.25) is 19.2 Å². The highest BCUT2D eigenvalue weighted by Crippen LogP contribution is 2.33. The lowest BCUT2D eigenvalue weighted by Crippen LogP contribution is -2.48. The van der Waals surface area contributed by atoms with E-state index in [4.69, 9.17) is 0 Å². The molecular weight excluding hydrogens is 737 g/mol. The van der Waals surface area contributed by atoms with Crippen LogP contribution < -0.4 is 10.6 Å². The maximum absolute atomic E-state index is 13.2. The number of carbonyl (C=O) groups excluding carboxylic acids is 4. The summed E-state index contributed by atoms with van der Waals surface area (Å²) in [6.45, 7) is 14.1. The van der Waals surface area contributed by atoms with E-state index in [0.717, 1.165) is 78.2 Å². The Morgan fingerprint density at radius 1 is 0.707 bits per heavy atom. The molecule has 4 heterocycles. The second-order valence-electron chi connectivity index (χ2n) is 14.4. The number of aromatic nitrogens is 4. The fourth-order valence-electron chi connectivity index (χ4n) is 6.62. The number of amides is 4. The topological polar surface area (TPSA) is 175 Å². The second kappa shape index (κ2) is 26.6. The molecule has 4 N–H and O–H groups in total. The Bertz CT molecular complexity index is 1730. The molecule has 2 fully saturated rings. The van der Waals surface area contributed by atoms with Crippen molar-refractivity contribution in [2.24, 2.45) is 11.8 Å². The highest BCUT2D eigenvalue weighted by Gasteiger charge is 2.36. The third kappa shape index (κ3) is 14.2. The number of hydrogen-bond acceptors (Lipinski definition) is 8. The number of carbonyl (C=O) groups is 4. The minimum absolute atomic E-state index is 0.0105. The average Bonchev–Trinajstić information content (AvgIpc) is 4.08. The van der Waals surface area contributed by atoms with Gasteiger partial charge in [0.2, 0.25) is 24.6 Å². The molecule has 14 heteroatoms. The number of ether oxygens (including phenoxy) is 2. The van der Waals surface area contributed by atoms with Crippen LogP contribution in [0, 0.1) is 11.8 Å². The predicted molar refractivity (Wildman–Crippen MR) is 229 cm³/mol. The van der Waals surface area contributed by atoms with Crippen molar-refractivity contribution in [1.29, 1.82) is 0 Å². The Labute approximate surface area is 344 Å². The van der Waals surface area contributed by atoms with Crippen LogP contribution in [-0.2, 0) is 28.7 Å². The Kier molecular flexibility index (Phi) is 22.3. The van der Waals surface area contributed by atoms with Crippen molar-refractivity contribution in [2.45, 2.75) is 85.4 Å². The highest BCUT2D eigenvalue weighted by atomic mass is 16.5. The van der Waals surface area contributed by atoms with Gasteiger partial charge in [-0.2, -0.15) is 0 Å². The maximum atomic E-state index is 13.2. The number of nitrogens with zero attached hydrogens (tertiary/aromatic N) is 4. The maximum Gasteiger partial charge on any atom is 0.246 e. The largest absolute Gasteiger partial charge is 0.388 e. The SMILES string of the molecule is CC.CC(C)C(NC=O)C(=O)N1CCCC1.CC(C)[C@H](NC=O)C(=O)N1CCCC1c1ncc(-c2ccc(-c3ccc(-c4cnc[nH]4)cc3)cc2)[nH]1.COC.COC. The monoisotopic (exact) mass is 803 g/mol. The lowest BCUT2D eigenvalue weighted by Gasteiger charge is -2.29. The van der Waals surface area contributed by atoms with E-state index in [2.05, 4.69) is 88.6 Å². The predicted octanol–water partition coefficient (Wildman–Crippen LogP) is 6.50. The first-order valence-electron chi connectivity index (χ1n) is 20.1. The molecule has 3 atom stereocenters. The number of hydrogen-bond donors (Lipinski definition) is 4. The number of likely N-dealkylation sites (tertiary alicyclic amines) is 2. The summed E-state index contributed by atoms with van der Waals surface area (Å²) >= 11 is 0. The zero-order valence-electron chi connectivity index (χ0n) is 36.1. The summed E-state index contributed by atoms with van der Waals surface area (Å²) in [5.74, 6) is 0.942. The molecule has 0 spiro atoms. The normalized spacial score (nSPS) is 15.3. The zero-order chi connectivity index (χ0) is 43.0. The number of methoxy groups -OCH3 is 2. The molecule has 318 valence electrons. The van der Waals surface area contributed by atoms with E-state index in [9.17, 15) is 19.2 Å². The van der Waals surface area contributed by atoms with Crippen molar-refractivity contribution < 1.29 is 28.7 Å². The number of aromatic amines is 2. The third-order valence-corrected chi connectivity index (χ3v) is 9.45. The third-order valence-electron chi connectivity index (χ3n) is 9.45. The van der Waals surface area contributed by atoms with Crippen molar-refractivity contribution in [3.63, 3.8) is 0 Å². The van der Waals surface area contributed by atoms with Gasteiger partial charge >= 0.3 is 0 Å². The Morgan fingerprint density at radius 2 is 1.17 bits per heavy atom. The van der Waals surface area contributed by atoms with E-state index >= 15 is 0 Å². The lowest BCUT2D eigenvalue weighted by molar-refractivity contribution is -0.137. The van der Waals surface area contributed by atoms with Crippen molar-refractivity contribution in [2.75, 3.05) is 48.1 Å². The molecule has 2 aromatic carbocycles. The zero-order valence-corrected chi connectivity index (χ0v) is 36.1. The Hall–Kier alpha value is -5.34. The summed E-state index contributed by atoms with van der Waals surface area (Å²) in [4.78, 5) is 65.4. The summed E-state index contributed by atoms with van der Waals surface area (Å²) in [6, 6.07) is 15.7. The van der Waals surface area contributed by atoms with E-state index in [1.807, 2.05) is 63.7 Å². The van der Waals surface area contributed by atoms with Gasteiger partial charge in [-0.05, 0) is 59.8 Å². The first-order valence-corrected chi connectivity index (χ1v) is 20.1. The molecule has 4 amide bonds. The molecule has 0 aliphatic carbocycles. The smallest absolute Gasteiger partial charge is 0.246 e. The van der Waals surface area contributed by atoms with E-state index < -0.39 is 6.04 Å². The van der Waals surface area contributed by atoms with Gasteiger partial charge in [0, 0.05) is 48.1 Å². The molecule has 4 aromatic rings. The first kappa shape index (κ1) is 48.8. The van der Waals surface area contributed by atoms with Crippen LogP contribution >= 0.6 is 0 Å². The number of nitrogens with one attached hydrogen (secondary N) is 4. The Balaban J connectivity index is 0.000000438. The summed E-state index contributed by atoms with van der Waals surface area (Å²) in [5, 5.41) is 5.27. The molecule has 2 saturated heterocycles. The summed E-state index contributed by atoms with van der Waals surface area (Å²) in [5.41, 5.74) is 6.30. The summed E-state index contributed by atoms with van der Waals surface area (Å²) in [7, 11) is 6.50. The van der Waals surface area contributed by atoms with E-state index in [1.165, 1.54) is 0 Å². The van der Waals surface area contributed by atoms with Gasteiger partial charge in [0.15, 0.2) is 0 Å². The van der Waals surface area contributed by atoms with Gasteiger partial charge in [-0.1, -0.05) is 90.1 Å². The van der Waals surface area contributed by atoms with Crippen molar-refractivity contribution >= 4 is 24.6 Å². The van der Waals surface area contributed by atoms with Gasteiger partial charge < -0.3 is 39.9 Å². The van der Waals surface area contributed by atoms with Gasteiger partial charge in [0.05, 0.1) is 36.2 Å². The second-order valence-corrected chi connectivity index (χ2v) is 14.4. The molecular formula is C44H66N8O6. The molecule has 14 nitrogen and oxygen atoms in total. The molecule has 2 unspecified atom stereocenters. The van der Waals surface area contributed by atoms with Crippen molar-refractivity contribution in [1.82, 2.24) is 40.4 Å². The van der Waals surface area contributed by atoms with E-state index in [-0.39, 0.29) is 35.7 Å². The van der Waals surface area contributed by atoms with Gasteiger partial charge in [0.25, 0.3) is 0 Å². The molecule has 6 rings (SSSR count). The highest BCUT2D eigenvalue weighted by molar-refractivity contribution is 5.85. The molecule has 0 bridgehead atoms. The van der Waals surface area contributed by atoms with Gasteiger partial charge in [-0.15, -0.1) is 0 Å². The van der Waals surface area contributed by atoms with Crippen LogP contribution in [0.1, 0.15) is 79.1 Å². The number of H-pyrrole nitrogens is 2. The fourth-order valence-corrected chi connectivity index (χ4v) is 6.62. The van der Waals surface area contributed by atoms with Crippen LogP contribution in [0.15, 0.2) is 67.3 Å². The summed E-state index contributed by atoms with van der Waals surface area (Å²) in [6.07, 6.45) is 10.5. The standard InChI is InChI=1S/C28H30N6O2.C10H18N2O2.2C2H6O.C2H6/c1-18(2)26(32-17-35)28(36)34-13-3-4-25(34)27-30-15-24(33-27)22-11-7-20(8-12-22)19-5-9-21(10-6-19)23-14-29-16-31-23;1-8(2)9(11-7-13)10(14)12-5-3-4-6-12;2*1-3-2;1-2/h5-12,14-18,25-26H,3-4,13H2,1-2H3,(H,29,31)(H,30,33)(H,32,35);7-9H,3-6H2,1-2H3,(H,11,13);2*1-2H3;1-2H3/t25?,26-;;;;/m0..../s1. The molecule has 2 aromatic heterocycles. The van der Waals surface area contributed by atoms with Crippen molar-refractivity contribution in [3.8, 4) is 33.6 Å². The van der Waals surface area contributed by atoms with Crippen LogP contribution in [0.5, 0.6) is 0 Å². The minimum Gasteiger partial charge on any atom is -0.388 e. The van der Waals surface area contributed by atoms with Gasteiger partial charge in [-0.25, -0.2) is 9.97 Å². The Morgan fingerprint density at radius 3 is 1.62 bits per heavy atom. The molecule has 0 radical (unpaired) electrons. The average molecular weight is 803 g/mol.